The number of nitrogens with one attached hydrogen (secondary N) is 1. The van der Waals surface area contributed by atoms with Gasteiger partial charge in [0.1, 0.15) is 11.6 Å². The summed E-state index contributed by atoms with van der Waals surface area (Å²) in [5.41, 5.74) is 0.539. The van der Waals surface area contributed by atoms with Gasteiger partial charge < -0.3 is 10.1 Å². The van der Waals surface area contributed by atoms with Gasteiger partial charge in [-0.1, -0.05) is 19.9 Å². The lowest BCUT2D eigenvalue weighted by Gasteiger charge is -2.11. The average Bonchev–Trinajstić information content (AvgIpc) is 2.86. The Kier molecular flexibility index (Phi) is 5.12. The Hall–Kier alpha value is -1.88. The normalized spacial score (nSPS) is 10.8. The van der Waals surface area contributed by atoms with Gasteiger partial charge in [0.2, 0.25) is 0 Å². The number of halogens is 1. The zero-order chi connectivity index (χ0) is 14.4. The van der Waals surface area contributed by atoms with Gasteiger partial charge in [0, 0.05) is 18.7 Å². The van der Waals surface area contributed by atoms with Crippen molar-refractivity contribution in [2.75, 3.05) is 6.54 Å². The van der Waals surface area contributed by atoms with Crippen LogP contribution in [0.15, 0.2) is 30.6 Å². The molecule has 1 aromatic heterocycles. The summed E-state index contributed by atoms with van der Waals surface area (Å²) in [5.74, 6) is 0.896. The van der Waals surface area contributed by atoms with Crippen molar-refractivity contribution in [3.63, 3.8) is 0 Å². The molecule has 4 nitrogen and oxygen atoms in total. The van der Waals surface area contributed by atoms with Gasteiger partial charge in [-0.05, 0) is 25.1 Å². The van der Waals surface area contributed by atoms with Gasteiger partial charge in [0.05, 0.1) is 12.4 Å². The van der Waals surface area contributed by atoms with E-state index in [1.54, 1.807) is 18.3 Å². The quantitative estimate of drug-likeness (QED) is 0.843. The van der Waals surface area contributed by atoms with Crippen molar-refractivity contribution < 1.29 is 9.13 Å². The third-order valence-corrected chi connectivity index (χ3v) is 2.92. The Morgan fingerprint density at radius 1 is 1.35 bits per heavy atom. The molecular formula is C15H20FN3O. The van der Waals surface area contributed by atoms with E-state index >= 15 is 0 Å². The number of nitrogens with zero attached hydrogens (tertiary/aromatic N) is 2. The maximum absolute atomic E-state index is 13.9. The van der Waals surface area contributed by atoms with E-state index in [1.165, 1.54) is 6.07 Å². The second-order valence-electron chi connectivity index (χ2n) is 4.54. The highest BCUT2D eigenvalue weighted by Crippen LogP contribution is 2.26. The molecule has 0 aliphatic carbocycles. The molecule has 1 aromatic carbocycles. The van der Waals surface area contributed by atoms with E-state index in [0.717, 1.165) is 19.5 Å². The van der Waals surface area contributed by atoms with Gasteiger partial charge in [-0.25, -0.2) is 4.39 Å². The van der Waals surface area contributed by atoms with Crippen LogP contribution in [0.25, 0.3) is 0 Å². The number of hydrogen-bond donors (Lipinski definition) is 1. The smallest absolute Gasteiger partial charge is 0.165 e. The molecule has 5 heteroatoms. The van der Waals surface area contributed by atoms with Crippen molar-refractivity contribution >= 4 is 0 Å². The van der Waals surface area contributed by atoms with Crippen LogP contribution in [0.3, 0.4) is 0 Å². The molecule has 0 saturated heterocycles. The summed E-state index contributed by atoms with van der Waals surface area (Å²) in [4.78, 5) is 0. The highest BCUT2D eigenvalue weighted by molar-refractivity contribution is 5.37. The minimum atomic E-state index is -0.260. The number of ether oxygens (including phenoxy) is 1. The molecule has 0 fully saturated rings. The van der Waals surface area contributed by atoms with E-state index in [9.17, 15) is 4.39 Å². The molecule has 0 amide bonds. The molecule has 2 rings (SSSR count). The molecule has 0 bridgehead atoms. The van der Waals surface area contributed by atoms with E-state index in [0.29, 0.717) is 23.6 Å². The van der Waals surface area contributed by atoms with Crippen LogP contribution in [0.4, 0.5) is 4.39 Å². The van der Waals surface area contributed by atoms with Gasteiger partial charge in [-0.2, -0.15) is 5.10 Å². The summed E-state index contributed by atoms with van der Waals surface area (Å²) in [6.45, 7) is 6.14. The van der Waals surface area contributed by atoms with Crippen LogP contribution in [0.5, 0.6) is 11.5 Å². The van der Waals surface area contributed by atoms with E-state index in [1.807, 2.05) is 17.8 Å². The number of rotatable bonds is 7. The lowest BCUT2D eigenvalue weighted by atomic mass is 10.2. The van der Waals surface area contributed by atoms with Crippen molar-refractivity contribution in [2.24, 2.45) is 0 Å². The fraction of sp³-hybridized carbons (Fsp3) is 0.400. The Balaban J connectivity index is 2.16. The second kappa shape index (κ2) is 7.05. The summed E-state index contributed by atoms with van der Waals surface area (Å²) < 4.78 is 21.4. The predicted octanol–water partition coefficient (Wildman–Crippen LogP) is 3.33. The minimum Gasteiger partial charge on any atom is -0.454 e. The van der Waals surface area contributed by atoms with Crippen molar-refractivity contribution in [3.05, 3.63) is 42.0 Å². The lowest BCUT2D eigenvalue weighted by molar-refractivity contribution is 0.461. The third-order valence-electron chi connectivity index (χ3n) is 2.92. The first-order valence-electron chi connectivity index (χ1n) is 6.93. The first kappa shape index (κ1) is 14.5. The molecule has 2 aromatic rings. The van der Waals surface area contributed by atoms with E-state index in [2.05, 4.69) is 17.3 Å². The summed E-state index contributed by atoms with van der Waals surface area (Å²) in [6.07, 6.45) is 4.48. The summed E-state index contributed by atoms with van der Waals surface area (Å²) in [7, 11) is 0. The van der Waals surface area contributed by atoms with Crippen LogP contribution in [0.2, 0.25) is 0 Å². The van der Waals surface area contributed by atoms with Crippen LogP contribution in [0.1, 0.15) is 25.8 Å². The minimum absolute atomic E-state index is 0.260. The maximum Gasteiger partial charge on any atom is 0.165 e. The Morgan fingerprint density at radius 3 is 2.95 bits per heavy atom. The number of benzene rings is 1. The molecule has 0 atom stereocenters. The molecule has 20 heavy (non-hydrogen) atoms. The van der Waals surface area contributed by atoms with Crippen LogP contribution >= 0.6 is 0 Å². The van der Waals surface area contributed by atoms with Crippen molar-refractivity contribution in [2.45, 2.75) is 33.4 Å². The number of hydrogen-bond acceptors (Lipinski definition) is 3. The molecule has 1 heterocycles. The fourth-order valence-electron chi connectivity index (χ4n) is 1.93. The first-order chi connectivity index (χ1) is 9.74. The van der Waals surface area contributed by atoms with E-state index in [4.69, 9.17) is 4.74 Å². The summed E-state index contributed by atoms with van der Waals surface area (Å²) in [5, 5.41) is 7.31. The molecule has 0 radical (unpaired) electrons. The predicted molar refractivity (Wildman–Crippen MR) is 76.4 cm³/mol. The van der Waals surface area contributed by atoms with Crippen LogP contribution in [-0.2, 0) is 13.1 Å². The Labute approximate surface area is 118 Å². The monoisotopic (exact) mass is 277 g/mol. The largest absolute Gasteiger partial charge is 0.454 e. The molecule has 0 saturated carbocycles. The maximum atomic E-state index is 13.9. The summed E-state index contributed by atoms with van der Waals surface area (Å²) >= 11 is 0. The van der Waals surface area contributed by atoms with Crippen LogP contribution < -0.4 is 10.1 Å². The highest BCUT2D eigenvalue weighted by atomic mass is 19.1. The van der Waals surface area contributed by atoms with Gasteiger partial charge >= 0.3 is 0 Å². The highest BCUT2D eigenvalue weighted by Gasteiger charge is 2.11. The van der Waals surface area contributed by atoms with E-state index in [-0.39, 0.29) is 5.82 Å². The average molecular weight is 277 g/mol. The Bertz CT molecular complexity index is 554. The standard InChI is InChI=1S/C15H20FN3O/c1-3-8-19-11-12(9-18-19)20-15-7-5-6-14(16)13(15)10-17-4-2/h5-7,9,11,17H,3-4,8,10H2,1-2H3. The molecule has 0 aliphatic heterocycles. The SMILES string of the molecule is CCCn1cc(Oc2cccc(F)c2CNCC)cn1. The Morgan fingerprint density at radius 2 is 2.20 bits per heavy atom. The van der Waals surface area contributed by atoms with Crippen molar-refractivity contribution in [3.8, 4) is 11.5 Å². The molecule has 108 valence electrons. The lowest BCUT2D eigenvalue weighted by Crippen LogP contribution is -2.13. The van der Waals surface area contributed by atoms with Gasteiger partial charge in [0.25, 0.3) is 0 Å². The third kappa shape index (κ3) is 3.57. The zero-order valence-corrected chi connectivity index (χ0v) is 11.9. The van der Waals surface area contributed by atoms with Crippen LogP contribution in [-0.4, -0.2) is 16.3 Å². The molecular weight excluding hydrogens is 257 g/mol. The molecule has 0 unspecified atom stereocenters. The summed E-state index contributed by atoms with van der Waals surface area (Å²) in [6, 6.07) is 4.86. The number of aromatic nitrogens is 2. The molecule has 0 aliphatic rings. The van der Waals surface area contributed by atoms with Crippen molar-refractivity contribution in [1.82, 2.24) is 15.1 Å². The first-order valence-corrected chi connectivity index (χ1v) is 6.93. The van der Waals surface area contributed by atoms with Gasteiger partial charge in [0.15, 0.2) is 5.75 Å². The van der Waals surface area contributed by atoms with Gasteiger partial charge in [-0.15, -0.1) is 0 Å². The number of aryl methyl sites for hydroxylation is 1. The molecule has 1 N–H and O–H groups in total. The van der Waals surface area contributed by atoms with Crippen molar-refractivity contribution in [1.29, 1.82) is 0 Å². The molecule has 0 spiro atoms. The van der Waals surface area contributed by atoms with Crippen LogP contribution in [0, 0.1) is 5.82 Å². The topological polar surface area (TPSA) is 39.1 Å². The zero-order valence-electron chi connectivity index (χ0n) is 11.9. The second-order valence-corrected chi connectivity index (χ2v) is 4.54. The van der Waals surface area contributed by atoms with Gasteiger partial charge in [-0.3, -0.25) is 4.68 Å². The fourth-order valence-corrected chi connectivity index (χ4v) is 1.93. The van der Waals surface area contributed by atoms with E-state index < -0.39 is 0 Å².